The van der Waals surface area contributed by atoms with E-state index >= 15 is 0 Å². The Balaban J connectivity index is 1.53. The second-order valence-electron chi connectivity index (χ2n) is 6.92. The van der Waals surface area contributed by atoms with Gasteiger partial charge in [-0.05, 0) is 30.9 Å². The molecule has 1 atom stereocenters. The van der Waals surface area contributed by atoms with Crippen LogP contribution in [-0.2, 0) is 0 Å². The number of aliphatic hydroxyl groups is 1. The molecule has 3 heterocycles. The van der Waals surface area contributed by atoms with Crippen molar-refractivity contribution in [1.29, 1.82) is 0 Å². The van der Waals surface area contributed by atoms with Crippen LogP contribution in [0.1, 0.15) is 41.1 Å². The zero-order chi connectivity index (χ0) is 21.0. The maximum absolute atomic E-state index is 12.7. The molecular weight excluding hydrogens is 423 g/mol. The first kappa shape index (κ1) is 18.9. The van der Waals surface area contributed by atoms with E-state index in [2.05, 4.69) is 20.0 Å². The van der Waals surface area contributed by atoms with Crippen LogP contribution < -0.4 is 4.74 Å². The number of hydrogen-bond acceptors (Lipinski definition) is 7. The van der Waals surface area contributed by atoms with Gasteiger partial charge in [-0.25, -0.2) is 9.67 Å². The van der Waals surface area contributed by atoms with E-state index in [9.17, 15) is 23.4 Å². The van der Waals surface area contributed by atoms with Crippen molar-refractivity contribution in [2.75, 3.05) is 0 Å². The molecule has 8 nitrogen and oxygen atoms in total. The number of aromatic hydroxyl groups is 1. The SMILES string of the molecule is Oc1ccc(-n2cc(C(O)c3c(C4CC4)sc4cncn34)nn2)c(OC(F)(F)F)c1. The van der Waals surface area contributed by atoms with Gasteiger partial charge in [0, 0.05) is 10.9 Å². The minimum absolute atomic E-state index is 0.0865. The largest absolute Gasteiger partial charge is 0.573 e. The number of thiazole rings is 1. The predicted octanol–water partition coefficient (Wildman–Crippen LogP) is 3.54. The molecule has 3 aromatic heterocycles. The molecule has 1 fully saturated rings. The van der Waals surface area contributed by atoms with Gasteiger partial charge in [0.2, 0.25) is 0 Å². The number of rotatable bonds is 5. The van der Waals surface area contributed by atoms with Crippen LogP contribution in [0.25, 0.3) is 10.5 Å². The standard InChI is InChI=1S/C18H14F3N5O3S/c19-18(20,21)29-13-5-10(27)3-4-12(13)26-7-11(23-24-26)16(28)15-17(9-1-2-9)30-14-6-22-8-25(14)15/h3-9,16,27-28H,1-2H2. The highest BCUT2D eigenvalue weighted by atomic mass is 32.1. The number of imidazole rings is 1. The van der Waals surface area contributed by atoms with Crippen LogP contribution in [0, 0.1) is 0 Å². The minimum atomic E-state index is -4.95. The van der Waals surface area contributed by atoms with Crippen LogP contribution >= 0.6 is 11.3 Å². The number of ether oxygens (including phenoxy) is 1. The van der Waals surface area contributed by atoms with Crippen molar-refractivity contribution in [2.24, 2.45) is 0 Å². The molecule has 0 spiro atoms. The Bertz CT molecular complexity index is 1230. The number of phenolic OH excluding ortho intramolecular Hbond substituents is 1. The molecule has 5 rings (SSSR count). The molecular formula is C18H14F3N5O3S. The average molecular weight is 437 g/mol. The second kappa shape index (κ2) is 6.71. The quantitative estimate of drug-likeness (QED) is 0.496. The maximum atomic E-state index is 12.7. The summed E-state index contributed by atoms with van der Waals surface area (Å²) in [5.74, 6) is -0.661. The van der Waals surface area contributed by atoms with Crippen LogP contribution in [0.15, 0.2) is 36.9 Å². The molecule has 1 aromatic carbocycles. The van der Waals surface area contributed by atoms with E-state index in [0.717, 1.165) is 33.3 Å². The zero-order valence-corrected chi connectivity index (χ0v) is 15.9. The molecule has 0 aliphatic heterocycles. The van der Waals surface area contributed by atoms with E-state index in [1.54, 1.807) is 28.3 Å². The van der Waals surface area contributed by atoms with Crippen LogP contribution in [0.3, 0.4) is 0 Å². The lowest BCUT2D eigenvalue weighted by Gasteiger charge is -2.13. The number of hydrogen-bond donors (Lipinski definition) is 2. The summed E-state index contributed by atoms with van der Waals surface area (Å²) < 4.78 is 45.1. The lowest BCUT2D eigenvalue weighted by atomic mass is 10.1. The van der Waals surface area contributed by atoms with Crippen molar-refractivity contribution < 1.29 is 28.1 Å². The van der Waals surface area contributed by atoms with E-state index in [1.165, 1.54) is 18.3 Å². The highest BCUT2D eigenvalue weighted by Gasteiger charge is 2.34. The third-order valence-corrected chi connectivity index (χ3v) is 6.02. The number of aromatic nitrogens is 5. The van der Waals surface area contributed by atoms with E-state index in [0.29, 0.717) is 11.6 Å². The van der Waals surface area contributed by atoms with E-state index in [1.807, 2.05) is 0 Å². The Kier molecular flexibility index (Phi) is 4.22. The van der Waals surface area contributed by atoms with E-state index < -0.39 is 24.0 Å². The Hall–Kier alpha value is -3.12. The highest BCUT2D eigenvalue weighted by Crippen LogP contribution is 2.47. The monoisotopic (exact) mass is 437 g/mol. The number of fused-ring (bicyclic) bond motifs is 1. The van der Waals surface area contributed by atoms with Gasteiger partial charge in [0.25, 0.3) is 0 Å². The molecule has 1 unspecified atom stereocenters. The fraction of sp³-hybridized carbons (Fsp3) is 0.278. The molecule has 0 bridgehead atoms. The Morgan fingerprint density at radius 3 is 2.80 bits per heavy atom. The van der Waals surface area contributed by atoms with E-state index in [4.69, 9.17) is 0 Å². The van der Waals surface area contributed by atoms with Gasteiger partial charge in [-0.15, -0.1) is 29.6 Å². The van der Waals surface area contributed by atoms with Gasteiger partial charge in [-0.3, -0.25) is 4.40 Å². The van der Waals surface area contributed by atoms with Crippen molar-refractivity contribution >= 4 is 16.2 Å². The number of phenols is 1. The number of alkyl halides is 3. The van der Waals surface area contributed by atoms with Crippen molar-refractivity contribution in [2.45, 2.75) is 31.2 Å². The maximum Gasteiger partial charge on any atom is 0.573 e. The van der Waals surface area contributed by atoms with Gasteiger partial charge in [-0.2, -0.15) is 0 Å². The fourth-order valence-corrected chi connectivity index (χ4v) is 4.59. The molecule has 1 saturated carbocycles. The van der Waals surface area contributed by atoms with Gasteiger partial charge in [-0.1, -0.05) is 5.21 Å². The summed E-state index contributed by atoms with van der Waals surface area (Å²) in [5.41, 5.74) is 0.715. The Morgan fingerprint density at radius 2 is 2.07 bits per heavy atom. The molecule has 0 amide bonds. The third-order valence-electron chi connectivity index (χ3n) is 4.75. The van der Waals surface area contributed by atoms with E-state index in [-0.39, 0.29) is 11.4 Å². The highest BCUT2D eigenvalue weighted by molar-refractivity contribution is 7.17. The summed E-state index contributed by atoms with van der Waals surface area (Å²) in [5, 5.41) is 28.3. The molecule has 0 radical (unpaired) electrons. The molecule has 0 saturated heterocycles. The molecule has 12 heteroatoms. The van der Waals surface area contributed by atoms with Gasteiger partial charge < -0.3 is 14.9 Å². The first-order chi connectivity index (χ1) is 14.3. The van der Waals surface area contributed by atoms with Crippen LogP contribution in [0.5, 0.6) is 11.5 Å². The van der Waals surface area contributed by atoms with Gasteiger partial charge in [0.1, 0.15) is 34.4 Å². The molecule has 1 aliphatic carbocycles. The smallest absolute Gasteiger partial charge is 0.508 e. The molecule has 1 aliphatic rings. The number of halogens is 3. The average Bonchev–Trinajstić information content (AvgIpc) is 3.08. The van der Waals surface area contributed by atoms with Crippen molar-refractivity contribution in [3.63, 3.8) is 0 Å². The zero-order valence-electron chi connectivity index (χ0n) is 15.1. The van der Waals surface area contributed by atoms with Crippen LogP contribution in [-0.4, -0.2) is 41.0 Å². The summed E-state index contributed by atoms with van der Waals surface area (Å²) in [4.78, 5) is 6.03. The summed E-state index contributed by atoms with van der Waals surface area (Å²) in [6.07, 6.45) is 0.633. The van der Waals surface area contributed by atoms with Gasteiger partial charge in [0.15, 0.2) is 5.75 Å². The minimum Gasteiger partial charge on any atom is -0.508 e. The normalized spacial score (nSPS) is 15.6. The predicted molar refractivity (Wildman–Crippen MR) is 98.8 cm³/mol. The number of nitrogens with zero attached hydrogens (tertiary/aromatic N) is 5. The summed E-state index contributed by atoms with van der Waals surface area (Å²) in [7, 11) is 0. The number of benzene rings is 1. The number of aliphatic hydroxyl groups excluding tert-OH is 1. The van der Waals surface area contributed by atoms with Crippen LogP contribution in [0.4, 0.5) is 13.2 Å². The second-order valence-corrected chi connectivity index (χ2v) is 7.98. The van der Waals surface area contributed by atoms with Crippen LogP contribution in [0.2, 0.25) is 0 Å². The first-order valence-corrected chi connectivity index (χ1v) is 9.76. The Morgan fingerprint density at radius 1 is 1.27 bits per heavy atom. The van der Waals surface area contributed by atoms with Gasteiger partial charge in [0.05, 0.1) is 18.1 Å². The Labute approximate surface area is 170 Å². The van der Waals surface area contributed by atoms with Crippen molar-refractivity contribution in [3.05, 3.63) is 53.2 Å². The first-order valence-electron chi connectivity index (χ1n) is 8.94. The molecule has 156 valence electrons. The fourth-order valence-electron chi connectivity index (χ4n) is 3.29. The summed E-state index contributed by atoms with van der Waals surface area (Å²) in [6, 6.07) is 3.25. The van der Waals surface area contributed by atoms with Gasteiger partial charge >= 0.3 is 6.36 Å². The molecule has 30 heavy (non-hydrogen) atoms. The lowest BCUT2D eigenvalue weighted by molar-refractivity contribution is -0.274. The topological polar surface area (TPSA) is 97.7 Å². The van der Waals surface area contributed by atoms with Crippen molar-refractivity contribution in [1.82, 2.24) is 24.4 Å². The molecule has 4 aromatic rings. The lowest BCUT2D eigenvalue weighted by Crippen LogP contribution is -2.18. The molecule has 2 N–H and O–H groups in total. The summed E-state index contributed by atoms with van der Waals surface area (Å²) in [6.45, 7) is 0. The third kappa shape index (κ3) is 3.37. The summed E-state index contributed by atoms with van der Waals surface area (Å²) >= 11 is 1.55. The van der Waals surface area contributed by atoms with Crippen molar-refractivity contribution in [3.8, 4) is 17.2 Å².